The number of rotatable bonds is 10. The number of carbonyl (C=O) groups is 4. The van der Waals surface area contributed by atoms with E-state index in [2.05, 4.69) is 123 Å². The molecule has 4 aliphatic rings. The van der Waals surface area contributed by atoms with E-state index in [0.717, 1.165) is 82.3 Å². The Morgan fingerprint density at radius 3 is 1.09 bits per heavy atom. The van der Waals surface area contributed by atoms with Crippen LogP contribution in [0, 0.1) is 0 Å². The van der Waals surface area contributed by atoms with Gasteiger partial charge in [0.25, 0.3) is 0 Å². The first-order chi connectivity index (χ1) is 32.7. The van der Waals surface area contributed by atoms with Gasteiger partial charge in [0, 0.05) is 12.8 Å². The SMILES string of the molecule is CCCCCC(=O)OC1CCC(OC(=O)CCCCC)c2cc3cc4cc5ccccc5cc4cc3cc21.O=C1CC(=O)OC2CCC(O1)c1cc3cc4cc5ccccc5cc4cc3cc12. The first kappa shape index (κ1) is 44.1. The van der Waals surface area contributed by atoms with Crippen molar-refractivity contribution in [2.24, 2.45) is 0 Å². The fourth-order valence-electron chi connectivity index (χ4n) is 10.4. The topological polar surface area (TPSA) is 105 Å². The molecule has 340 valence electrons. The molecule has 0 spiro atoms. The van der Waals surface area contributed by atoms with Crippen LogP contribution in [0.1, 0.15) is 144 Å². The molecular formula is C59H56O8. The van der Waals surface area contributed by atoms with Crippen LogP contribution in [-0.4, -0.2) is 23.9 Å². The Labute approximate surface area is 390 Å². The van der Waals surface area contributed by atoms with Crippen LogP contribution in [0.5, 0.6) is 0 Å². The van der Waals surface area contributed by atoms with Gasteiger partial charge in [-0.1, -0.05) is 88.1 Å². The number of benzene rings is 8. The number of esters is 4. The zero-order valence-corrected chi connectivity index (χ0v) is 38.3. The number of fused-ring (bicyclic) bond motifs is 12. The molecule has 12 rings (SSSR count). The normalized spacial score (nSPS) is 18.9. The lowest BCUT2D eigenvalue weighted by molar-refractivity contribution is -0.157. The Hall–Kier alpha value is -6.80. The maximum atomic E-state index is 12.7. The molecule has 0 amide bonds. The summed E-state index contributed by atoms with van der Waals surface area (Å²) in [6.07, 6.45) is 7.84. The highest BCUT2D eigenvalue weighted by Gasteiger charge is 2.36. The van der Waals surface area contributed by atoms with E-state index in [4.69, 9.17) is 18.9 Å². The minimum absolute atomic E-state index is 0.144. The van der Waals surface area contributed by atoms with Gasteiger partial charge in [-0.15, -0.1) is 0 Å². The van der Waals surface area contributed by atoms with Gasteiger partial charge < -0.3 is 18.9 Å². The van der Waals surface area contributed by atoms with E-state index in [9.17, 15) is 19.2 Å². The molecule has 8 heteroatoms. The quantitative estimate of drug-likeness (QED) is 0.0439. The first-order valence-electron chi connectivity index (χ1n) is 24.3. The van der Waals surface area contributed by atoms with Crippen LogP contribution < -0.4 is 0 Å². The molecule has 8 aromatic rings. The van der Waals surface area contributed by atoms with Crippen molar-refractivity contribution in [2.75, 3.05) is 0 Å². The monoisotopic (exact) mass is 892 g/mol. The summed E-state index contributed by atoms with van der Waals surface area (Å²) in [5.41, 5.74) is 3.85. The summed E-state index contributed by atoms with van der Waals surface area (Å²) in [7, 11) is 0. The molecule has 1 saturated heterocycles. The molecule has 0 radical (unpaired) electrons. The van der Waals surface area contributed by atoms with Gasteiger partial charge in [-0.25, -0.2) is 0 Å². The summed E-state index contributed by atoms with van der Waals surface area (Å²) >= 11 is 0. The van der Waals surface area contributed by atoms with Crippen molar-refractivity contribution in [1.82, 2.24) is 0 Å². The highest BCUT2D eigenvalue weighted by Crippen LogP contribution is 2.45. The van der Waals surface area contributed by atoms with Crippen molar-refractivity contribution in [3.8, 4) is 0 Å². The second kappa shape index (κ2) is 19.2. The van der Waals surface area contributed by atoms with Gasteiger partial charge in [0.15, 0.2) is 0 Å². The van der Waals surface area contributed by atoms with Gasteiger partial charge >= 0.3 is 23.9 Å². The number of ether oxygens (including phenoxy) is 4. The molecule has 2 aliphatic carbocycles. The zero-order valence-electron chi connectivity index (χ0n) is 38.3. The number of unbranched alkanes of at least 4 members (excludes halogenated alkanes) is 4. The highest BCUT2D eigenvalue weighted by atomic mass is 16.6. The van der Waals surface area contributed by atoms with E-state index in [1.54, 1.807) is 0 Å². The Kier molecular flexibility index (Phi) is 12.6. The van der Waals surface area contributed by atoms with Crippen molar-refractivity contribution in [3.05, 3.63) is 144 Å². The van der Waals surface area contributed by atoms with Gasteiger partial charge in [-0.05, 0) is 198 Å². The number of hydrogen-bond acceptors (Lipinski definition) is 8. The molecule has 8 nitrogen and oxygen atoms in total. The zero-order chi connectivity index (χ0) is 46.0. The Balaban J connectivity index is 0.000000162. The molecule has 0 N–H and O–H groups in total. The molecule has 2 heterocycles. The molecule has 67 heavy (non-hydrogen) atoms. The lowest BCUT2D eigenvalue weighted by Gasteiger charge is -2.31. The maximum absolute atomic E-state index is 12.7. The van der Waals surface area contributed by atoms with Gasteiger partial charge in [-0.3, -0.25) is 19.2 Å². The summed E-state index contributed by atoms with van der Waals surface area (Å²) < 4.78 is 23.2. The molecule has 4 unspecified atom stereocenters. The van der Waals surface area contributed by atoms with Crippen LogP contribution in [0.15, 0.2) is 121 Å². The van der Waals surface area contributed by atoms with E-state index in [1.165, 1.54) is 43.1 Å². The average Bonchev–Trinajstić information content (AvgIpc) is 3.42. The Bertz CT molecular complexity index is 3010. The van der Waals surface area contributed by atoms with E-state index in [1.807, 2.05) is 12.1 Å². The van der Waals surface area contributed by atoms with Crippen LogP contribution >= 0.6 is 0 Å². The molecule has 4 atom stereocenters. The van der Waals surface area contributed by atoms with E-state index in [0.29, 0.717) is 38.5 Å². The summed E-state index contributed by atoms with van der Waals surface area (Å²) in [6.45, 7) is 4.26. The third-order valence-electron chi connectivity index (χ3n) is 13.8. The summed E-state index contributed by atoms with van der Waals surface area (Å²) in [5, 5.41) is 14.0. The van der Waals surface area contributed by atoms with Crippen LogP contribution in [0.25, 0.3) is 64.6 Å². The predicted molar refractivity (Wildman–Crippen MR) is 265 cm³/mol. The molecule has 8 aromatic carbocycles. The number of hydrogen-bond donors (Lipinski definition) is 0. The smallest absolute Gasteiger partial charge is 0.317 e. The lowest BCUT2D eigenvalue weighted by Crippen LogP contribution is -2.22. The average molecular weight is 893 g/mol. The lowest BCUT2D eigenvalue weighted by atomic mass is 9.84. The van der Waals surface area contributed by atoms with Crippen LogP contribution in [-0.2, 0) is 38.1 Å². The second-order valence-corrected chi connectivity index (χ2v) is 18.6. The Morgan fingerprint density at radius 1 is 0.433 bits per heavy atom. The first-order valence-corrected chi connectivity index (χ1v) is 24.3. The maximum Gasteiger partial charge on any atom is 0.317 e. The van der Waals surface area contributed by atoms with Crippen molar-refractivity contribution in [2.45, 2.75) is 122 Å². The number of carbonyl (C=O) groups excluding carboxylic acids is 4. The molecule has 2 aliphatic heterocycles. The van der Waals surface area contributed by atoms with Crippen molar-refractivity contribution in [3.63, 3.8) is 0 Å². The van der Waals surface area contributed by atoms with Gasteiger partial charge in [-0.2, -0.15) is 0 Å². The Morgan fingerprint density at radius 2 is 0.746 bits per heavy atom. The van der Waals surface area contributed by atoms with Crippen LogP contribution in [0.4, 0.5) is 0 Å². The molecule has 2 bridgehead atoms. The van der Waals surface area contributed by atoms with Gasteiger partial charge in [0.2, 0.25) is 0 Å². The summed E-state index contributed by atoms with van der Waals surface area (Å²) in [6, 6.07) is 42.9. The third-order valence-corrected chi connectivity index (χ3v) is 13.8. The third kappa shape index (κ3) is 9.45. The summed E-state index contributed by atoms with van der Waals surface area (Å²) in [4.78, 5) is 49.4. The fourth-order valence-corrected chi connectivity index (χ4v) is 10.4. The van der Waals surface area contributed by atoms with Crippen molar-refractivity contribution in [1.29, 1.82) is 0 Å². The minimum Gasteiger partial charge on any atom is -0.457 e. The second-order valence-electron chi connectivity index (χ2n) is 18.6. The van der Waals surface area contributed by atoms with Gasteiger partial charge in [0.1, 0.15) is 30.8 Å². The fraction of sp³-hybridized carbons (Fsp3) is 0.322. The van der Waals surface area contributed by atoms with Crippen molar-refractivity contribution < 1.29 is 38.1 Å². The standard InChI is InChI=1S/C34H38O4.C25H18O4/c1-3-5-7-13-33(35)37-31-15-16-32(38-34(36)14-8-6-4-2)30-22-28-20-26-18-24-12-10-9-11-23(24)17-25(26)19-27(28)21-29(30)31;26-24-13-25(27)29-23-6-5-22(28-24)20-11-18-9-16-7-14-3-1-2-4-15(14)8-17(16)10-19(18)12-21(20)23/h9-12,17-22,31-32H,3-8,13-16H2,1-2H3;1-4,7-12,22-23H,5-6,13H2. The van der Waals surface area contributed by atoms with E-state index < -0.39 is 11.9 Å². The minimum atomic E-state index is -0.515. The predicted octanol–water partition coefficient (Wildman–Crippen LogP) is 14.8. The molecule has 0 saturated carbocycles. The largest absolute Gasteiger partial charge is 0.457 e. The highest BCUT2D eigenvalue weighted by molar-refractivity contribution is 6.06. The molecular weight excluding hydrogens is 837 g/mol. The van der Waals surface area contributed by atoms with E-state index in [-0.39, 0.29) is 42.8 Å². The molecule has 1 fully saturated rings. The molecule has 0 aromatic heterocycles. The van der Waals surface area contributed by atoms with Gasteiger partial charge in [0.05, 0.1) is 0 Å². The van der Waals surface area contributed by atoms with Crippen LogP contribution in [0.3, 0.4) is 0 Å². The van der Waals surface area contributed by atoms with Crippen molar-refractivity contribution >= 4 is 88.5 Å². The van der Waals surface area contributed by atoms with Crippen LogP contribution in [0.2, 0.25) is 0 Å². The summed E-state index contributed by atoms with van der Waals surface area (Å²) in [5.74, 6) is -1.32. The van der Waals surface area contributed by atoms with E-state index >= 15 is 0 Å².